The zero-order valence-electron chi connectivity index (χ0n) is 24.4. The third-order valence-corrected chi connectivity index (χ3v) is 7.62. The molecule has 1 amide bonds. The molecule has 1 aliphatic heterocycles. The molecule has 0 aliphatic carbocycles. The van der Waals surface area contributed by atoms with Crippen LogP contribution in [0.4, 0.5) is 4.79 Å². The molecule has 3 aromatic rings. The molecule has 0 spiro atoms. The third-order valence-electron chi connectivity index (χ3n) is 6.97. The number of nitrogens with zero attached hydrogens (tertiary/aromatic N) is 1. The monoisotopic (exact) mass is 623 g/mol. The molecule has 4 rings (SSSR count). The normalized spacial score (nSPS) is 17.3. The van der Waals surface area contributed by atoms with Crippen LogP contribution < -0.4 is 4.74 Å². The molecule has 6 nitrogen and oxygen atoms in total. The molecular weight excluding hydrogens is 582 g/mol. The lowest BCUT2D eigenvalue weighted by Crippen LogP contribution is -2.48. The van der Waals surface area contributed by atoms with E-state index in [2.05, 4.69) is 64.5 Å². The van der Waals surface area contributed by atoms with Crippen LogP contribution in [0.5, 0.6) is 5.75 Å². The van der Waals surface area contributed by atoms with Crippen molar-refractivity contribution >= 4 is 22.0 Å². The van der Waals surface area contributed by atoms with Crippen LogP contribution in [-0.4, -0.2) is 49.0 Å². The van der Waals surface area contributed by atoms with Crippen molar-refractivity contribution in [3.05, 3.63) is 101 Å². The summed E-state index contributed by atoms with van der Waals surface area (Å²) in [5, 5.41) is 0.825. The highest BCUT2D eigenvalue weighted by molar-refractivity contribution is 9.08. The van der Waals surface area contributed by atoms with Gasteiger partial charge >= 0.3 is 6.09 Å². The number of amides is 1. The van der Waals surface area contributed by atoms with Crippen LogP contribution >= 0.6 is 15.9 Å². The number of rotatable bonds is 12. The van der Waals surface area contributed by atoms with Gasteiger partial charge in [-0.15, -0.1) is 0 Å². The number of hydrogen-bond acceptors (Lipinski definition) is 5. The average Bonchev–Trinajstić information content (AvgIpc) is 2.98. The van der Waals surface area contributed by atoms with Crippen LogP contribution in [0.1, 0.15) is 61.8 Å². The van der Waals surface area contributed by atoms with Gasteiger partial charge in [0.1, 0.15) is 11.4 Å². The van der Waals surface area contributed by atoms with E-state index in [9.17, 15) is 4.79 Å². The Balaban J connectivity index is 1.32. The first-order chi connectivity index (χ1) is 19.8. The highest BCUT2D eigenvalue weighted by Gasteiger charge is 2.35. The van der Waals surface area contributed by atoms with Gasteiger partial charge in [-0.05, 0) is 61.6 Å². The smallest absolute Gasteiger partial charge is 0.410 e. The molecule has 2 atom stereocenters. The Morgan fingerprint density at radius 3 is 2.24 bits per heavy atom. The van der Waals surface area contributed by atoms with Gasteiger partial charge in [-0.1, -0.05) is 82.7 Å². The van der Waals surface area contributed by atoms with Crippen LogP contribution in [0.25, 0.3) is 0 Å². The average molecular weight is 625 g/mol. The number of ether oxygens (including phenoxy) is 4. The van der Waals surface area contributed by atoms with Gasteiger partial charge in [0.05, 0.1) is 39.1 Å². The van der Waals surface area contributed by atoms with E-state index < -0.39 is 5.60 Å². The Morgan fingerprint density at radius 1 is 0.878 bits per heavy atom. The number of benzene rings is 3. The number of carbonyl (C=O) groups is 1. The zero-order chi connectivity index (χ0) is 29.1. The maximum Gasteiger partial charge on any atom is 0.410 e. The third kappa shape index (κ3) is 10.2. The van der Waals surface area contributed by atoms with E-state index >= 15 is 0 Å². The first-order valence-corrected chi connectivity index (χ1v) is 15.5. The largest absolute Gasteiger partial charge is 0.494 e. The second kappa shape index (κ2) is 15.4. The number of likely N-dealkylation sites (tertiary alicyclic amines) is 1. The molecule has 41 heavy (non-hydrogen) atoms. The summed E-state index contributed by atoms with van der Waals surface area (Å²) in [6, 6.07) is 26.9. The molecule has 0 bridgehead atoms. The molecule has 1 saturated heterocycles. The lowest BCUT2D eigenvalue weighted by molar-refractivity contribution is -0.0359. The lowest BCUT2D eigenvalue weighted by Gasteiger charge is -2.39. The minimum atomic E-state index is -0.536. The van der Waals surface area contributed by atoms with Crippen LogP contribution in [-0.2, 0) is 32.8 Å². The van der Waals surface area contributed by atoms with Crippen molar-refractivity contribution in [3.8, 4) is 5.75 Å². The van der Waals surface area contributed by atoms with Gasteiger partial charge in [0.15, 0.2) is 0 Å². The van der Waals surface area contributed by atoms with Crippen LogP contribution in [0.15, 0.2) is 78.9 Å². The highest BCUT2D eigenvalue weighted by atomic mass is 79.9. The van der Waals surface area contributed by atoms with Crippen molar-refractivity contribution in [2.75, 3.05) is 26.3 Å². The van der Waals surface area contributed by atoms with Crippen LogP contribution in [0.3, 0.4) is 0 Å². The Hall–Kier alpha value is -2.87. The fourth-order valence-corrected chi connectivity index (χ4v) is 5.19. The van der Waals surface area contributed by atoms with Crippen molar-refractivity contribution in [2.45, 2.75) is 69.8 Å². The molecule has 0 aromatic heterocycles. The van der Waals surface area contributed by atoms with Crippen molar-refractivity contribution < 1.29 is 23.7 Å². The minimum absolute atomic E-state index is 0.152. The maximum atomic E-state index is 12.8. The topological polar surface area (TPSA) is 57.2 Å². The van der Waals surface area contributed by atoms with Gasteiger partial charge in [0.25, 0.3) is 0 Å². The van der Waals surface area contributed by atoms with Gasteiger partial charge in [0, 0.05) is 24.2 Å². The molecule has 2 unspecified atom stereocenters. The minimum Gasteiger partial charge on any atom is -0.494 e. The van der Waals surface area contributed by atoms with E-state index in [1.807, 2.05) is 51.1 Å². The van der Waals surface area contributed by atoms with E-state index in [0.717, 1.165) is 29.5 Å². The standard InChI is InChI=1S/C34H42BrNO5/c1-34(2,3)41-33(37)36-19-18-31(32(23-36)40-25-28-12-10-26(22-35)11-13-28)29-14-16-30(17-15-29)39-21-7-20-38-24-27-8-5-4-6-9-27/h4-6,8-17,31-32H,7,18-25H2,1-3H3. The van der Waals surface area contributed by atoms with Gasteiger partial charge in [0.2, 0.25) is 0 Å². The number of carbonyl (C=O) groups excluding carboxylic acids is 1. The lowest BCUT2D eigenvalue weighted by atomic mass is 9.87. The van der Waals surface area contributed by atoms with E-state index in [0.29, 0.717) is 39.5 Å². The van der Waals surface area contributed by atoms with Crippen molar-refractivity contribution in [1.82, 2.24) is 4.90 Å². The Morgan fingerprint density at radius 2 is 1.56 bits per heavy atom. The molecule has 220 valence electrons. The van der Waals surface area contributed by atoms with Gasteiger partial charge < -0.3 is 23.8 Å². The van der Waals surface area contributed by atoms with Crippen molar-refractivity contribution in [3.63, 3.8) is 0 Å². The van der Waals surface area contributed by atoms with Gasteiger partial charge in [-0.3, -0.25) is 0 Å². The molecule has 0 saturated carbocycles. The summed E-state index contributed by atoms with van der Waals surface area (Å²) in [7, 11) is 0. The molecule has 7 heteroatoms. The number of halogens is 1. The molecule has 0 radical (unpaired) electrons. The molecule has 1 heterocycles. The fourth-order valence-electron chi connectivity index (χ4n) is 4.81. The van der Waals surface area contributed by atoms with Crippen molar-refractivity contribution in [1.29, 1.82) is 0 Å². The summed E-state index contributed by atoms with van der Waals surface area (Å²) < 4.78 is 23.9. The summed E-state index contributed by atoms with van der Waals surface area (Å²) in [5.41, 5.74) is 4.16. The molecule has 1 aliphatic rings. The Labute approximate surface area is 253 Å². The van der Waals surface area contributed by atoms with E-state index in [4.69, 9.17) is 18.9 Å². The second-order valence-electron chi connectivity index (χ2n) is 11.4. The molecule has 1 fully saturated rings. The summed E-state index contributed by atoms with van der Waals surface area (Å²) in [6.45, 7) is 9.15. The number of hydrogen-bond donors (Lipinski definition) is 0. The highest BCUT2D eigenvalue weighted by Crippen LogP contribution is 2.33. The molecule has 3 aromatic carbocycles. The summed E-state index contributed by atoms with van der Waals surface area (Å²) >= 11 is 3.50. The van der Waals surface area contributed by atoms with Gasteiger partial charge in [-0.2, -0.15) is 0 Å². The number of piperidine rings is 1. The Kier molecular flexibility index (Phi) is 11.7. The first-order valence-electron chi connectivity index (χ1n) is 14.4. The Bertz CT molecular complexity index is 1190. The van der Waals surface area contributed by atoms with E-state index in [-0.39, 0.29) is 18.1 Å². The predicted octanol–water partition coefficient (Wildman–Crippen LogP) is 7.88. The molecule has 0 N–H and O–H groups in total. The summed E-state index contributed by atoms with van der Waals surface area (Å²) in [5.74, 6) is 1.00. The summed E-state index contributed by atoms with van der Waals surface area (Å²) in [4.78, 5) is 14.6. The van der Waals surface area contributed by atoms with Crippen LogP contribution in [0.2, 0.25) is 0 Å². The SMILES string of the molecule is CC(C)(C)OC(=O)N1CCC(c2ccc(OCCCOCc3ccccc3)cc2)C(OCc2ccc(CBr)cc2)C1. The number of alkyl halides is 1. The predicted molar refractivity (Wildman–Crippen MR) is 165 cm³/mol. The van der Waals surface area contributed by atoms with E-state index in [1.54, 1.807) is 4.90 Å². The van der Waals surface area contributed by atoms with Crippen LogP contribution in [0, 0.1) is 0 Å². The fraction of sp³-hybridized carbons (Fsp3) is 0.441. The quantitative estimate of drug-likeness (QED) is 0.152. The first kappa shape index (κ1) is 31.1. The molecular formula is C34H42BrNO5. The van der Waals surface area contributed by atoms with E-state index in [1.165, 1.54) is 16.7 Å². The van der Waals surface area contributed by atoms with Gasteiger partial charge in [-0.25, -0.2) is 4.79 Å². The van der Waals surface area contributed by atoms with Crippen molar-refractivity contribution in [2.24, 2.45) is 0 Å². The zero-order valence-corrected chi connectivity index (χ0v) is 26.0. The maximum absolute atomic E-state index is 12.8. The summed E-state index contributed by atoms with van der Waals surface area (Å²) in [6.07, 6.45) is 1.18. The second-order valence-corrected chi connectivity index (χ2v) is 12.0.